The van der Waals surface area contributed by atoms with E-state index in [1.807, 2.05) is 23.6 Å². The lowest BCUT2D eigenvalue weighted by molar-refractivity contribution is 0.0912. The van der Waals surface area contributed by atoms with Gasteiger partial charge in [0, 0.05) is 21.5 Å². The van der Waals surface area contributed by atoms with E-state index in [-0.39, 0.29) is 5.91 Å². The van der Waals surface area contributed by atoms with Crippen molar-refractivity contribution in [3.05, 3.63) is 35.2 Å². The van der Waals surface area contributed by atoms with Crippen LogP contribution in [0.1, 0.15) is 43.0 Å². The van der Waals surface area contributed by atoms with Crippen molar-refractivity contribution in [2.24, 2.45) is 5.92 Å². The number of benzene rings is 1. The smallest absolute Gasteiger partial charge is 0.252 e. The van der Waals surface area contributed by atoms with Crippen molar-refractivity contribution in [2.75, 3.05) is 0 Å². The molecule has 1 heterocycles. The first-order valence-electron chi connectivity index (χ1n) is 7.03. The summed E-state index contributed by atoms with van der Waals surface area (Å²) in [4.78, 5) is 12.4. The standard InChI is InChI=1S/C16H19NOS/c1-11-6-2-4-8-14(11)17-16(18)13-10-19-15-9-5-3-7-12(13)15/h3,5,7,9-11,14H,2,4,6,8H2,1H3,(H,17,18)/t11-,14+/m1/s1. The SMILES string of the molecule is C[C@@H]1CCCC[C@@H]1NC(=O)c1csc2ccccc12. The number of nitrogens with one attached hydrogen (secondary N) is 1. The van der Waals surface area contributed by atoms with Gasteiger partial charge in [0.25, 0.3) is 5.91 Å². The van der Waals surface area contributed by atoms with Crippen LogP contribution in [0.4, 0.5) is 0 Å². The highest BCUT2D eigenvalue weighted by atomic mass is 32.1. The number of rotatable bonds is 2. The fraction of sp³-hybridized carbons (Fsp3) is 0.438. The van der Waals surface area contributed by atoms with E-state index in [0.717, 1.165) is 17.4 Å². The molecule has 0 radical (unpaired) electrons. The summed E-state index contributed by atoms with van der Waals surface area (Å²) in [6, 6.07) is 8.46. The van der Waals surface area contributed by atoms with Crippen molar-refractivity contribution < 1.29 is 4.79 Å². The zero-order valence-corrected chi connectivity index (χ0v) is 12.0. The lowest BCUT2D eigenvalue weighted by Gasteiger charge is -2.29. The van der Waals surface area contributed by atoms with Crippen LogP contribution >= 0.6 is 11.3 Å². The van der Waals surface area contributed by atoms with Crippen LogP contribution in [0.15, 0.2) is 29.6 Å². The third-order valence-electron chi connectivity index (χ3n) is 4.15. The highest BCUT2D eigenvalue weighted by Crippen LogP contribution is 2.27. The Labute approximate surface area is 117 Å². The zero-order valence-electron chi connectivity index (χ0n) is 11.2. The van der Waals surface area contributed by atoms with Crippen LogP contribution < -0.4 is 5.32 Å². The third kappa shape index (κ3) is 2.52. The molecule has 3 rings (SSSR count). The van der Waals surface area contributed by atoms with Crippen LogP contribution in [-0.2, 0) is 0 Å². The monoisotopic (exact) mass is 273 g/mol. The second kappa shape index (κ2) is 5.33. The van der Waals surface area contributed by atoms with Gasteiger partial charge in [0.2, 0.25) is 0 Å². The molecular formula is C16H19NOS. The van der Waals surface area contributed by atoms with E-state index >= 15 is 0 Å². The molecule has 0 aliphatic heterocycles. The maximum absolute atomic E-state index is 12.4. The molecule has 1 aliphatic carbocycles. The van der Waals surface area contributed by atoms with E-state index in [0.29, 0.717) is 12.0 Å². The first kappa shape index (κ1) is 12.7. The highest BCUT2D eigenvalue weighted by Gasteiger charge is 2.24. The van der Waals surface area contributed by atoms with E-state index in [4.69, 9.17) is 0 Å². The molecule has 2 atom stereocenters. The maximum Gasteiger partial charge on any atom is 0.252 e. The number of hydrogen-bond acceptors (Lipinski definition) is 2. The second-order valence-electron chi connectivity index (χ2n) is 5.49. The Morgan fingerprint density at radius 3 is 2.89 bits per heavy atom. The lowest BCUT2D eigenvalue weighted by atomic mass is 9.86. The van der Waals surface area contributed by atoms with Crippen molar-refractivity contribution in [2.45, 2.75) is 38.6 Å². The number of amides is 1. The number of hydrogen-bond donors (Lipinski definition) is 1. The fourth-order valence-corrected chi connectivity index (χ4v) is 3.87. The van der Waals surface area contributed by atoms with Gasteiger partial charge in [0.15, 0.2) is 0 Å². The minimum Gasteiger partial charge on any atom is -0.349 e. The summed E-state index contributed by atoms with van der Waals surface area (Å²) in [5.74, 6) is 0.693. The van der Waals surface area contributed by atoms with Gasteiger partial charge >= 0.3 is 0 Å². The van der Waals surface area contributed by atoms with Gasteiger partial charge in [-0.25, -0.2) is 0 Å². The molecule has 2 nitrogen and oxygen atoms in total. The van der Waals surface area contributed by atoms with Gasteiger partial charge in [0.05, 0.1) is 5.56 Å². The average Bonchev–Trinajstić information content (AvgIpc) is 2.85. The molecule has 1 aromatic heterocycles. The Balaban J connectivity index is 1.80. The number of carbonyl (C=O) groups is 1. The highest BCUT2D eigenvalue weighted by molar-refractivity contribution is 7.17. The summed E-state index contributed by atoms with van der Waals surface area (Å²) < 4.78 is 1.18. The lowest BCUT2D eigenvalue weighted by Crippen LogP contribution is -2.40. The molecule has 1 fully saturated rings. The topological polar surface area (TPSA) is 29.1 Å². The molecule has 1 N–H and O–H groups in total. The summed E-state index contributed by atoms with van der Waals surface area (Å²) in [7, 11) is 0. The van der Waals surface area contributed by atoms with E-state index in [1.165, 1.54) is 24.0 Å². The van der Waals surface area contributed by atoms with Crippen LogP contribution in [0.3, 0.4) is 0 Å². The van der Waals surface area contributed by atoms with E-state index in [2.05, 4.69) is 18.3 Å². The molecule has 3 heteroatoms. The first-order valence-corrected chi connectivity index (χ1v) is 7.91. The Hall–Kier alpha value is -1.35. The van der Waals surface area contributed by atoms with Crippen LogP contribution in [0.5, 0.6) is 0 Å². The van der Waals surface area contributed by atoms with Crippen molar-refractivity contribution in [3.63, 3.8) is 0 Å². The molecular weight excluding hydrogens is 254 g/mol. The van der Waals surface area contributed by atoms with E-state index in [1.54, 1.807) is 11.3 Å². The second-order valence-corrected chi connectivity index (χ2v) is 6.40. The predicted molar refractivity (Wildman–Crippen MR) is 80.7 cm³/mol. The van der Waals surface area contributed by atoms with Crippen molar-refractivity contribution in [1.29, 1.82) is 0 Å². The van der Waals surface area contributed by atoms with Gasteiger partial charge in [-0.05, 0) is 24.8 Å². The van der Waals surface area contributed by atoms with Gasteiger partial charge in [-0.3, -0.25) is 4.79 Å². The minimum atomic E-state index is 0.0937. The van der Waals surface area contributed by atoms with E-state index in [9.17, 15) is 4.79 Å². The number of thiophene rings is 1. The van der Waals surface area contributed by atoms with Gasteiger partial charge < -0.3 is 5.32 Å². The van der Waals surface area contributed by atoms with Gasteiger partial charge in [-0.2, -0.15) is 0 Å². The van der Waals surface area contributed by atoms with Gasteiger partial charge in [0.1, 0.15) is 0 Å². The summed E-state index contributed by atoms with van der Waals surface area (Å²) in [6.07, 6.45) is 4.89. The van der Waals surface area contributed by atoms with Crippen LogP contribution in [-0.4, -0.2) is 11.9 Å². The molecule has 100 valence electrons. The summed E-state index contributed by atoms with van der Waals surface area (Å²) in [6.45, 7) is 2.25. The Morgan fingerprint density at radius 2 is 2.05 bits per heavy atom. The summed E-state index contributed by atoms with van der Waals surface area (Å²) in [5, 5.41) is 6.29. The Kier molecular flexibility index (Phi) is 3.56. The summed E-state index contributed by atoms with van der Waals surface area (Å²) >= 11 is 1.64. The fourth-order valence-electron chi connectivity index (χ4n) is 2.93. The molecule has 0 bridgehead atoms. The molecule has 0 unspecified atom stereocenters. The number of fused-ring (bicyclic) bond motifs is 1. The zero-order chi connectivity index (χ0) is 13.2. The van der Waals surface area contributed by atoms with Crippen LogP contribution in [0.25, 0.3) is 10.1 Å². The first-order chi connectivity index (χ1) is 9.25. The molecule has 1 saturated carbocycles. The minimum absolute atomic E-state index is 0.0937. The molecule has 2 aromatic rings. The van der Waals surface area contributed by atoms with E-state index < -0.39 is 0 Å². The van der Waals surface area contributed by atoms with Crippen molar-refractivity contribution >= 4 is 27.3 Å². The maximum atomic E-state index is 12.4. The quantitative estimate of drug-likeness (QED) is 0.872. The molecule has 1 aliphatic rings. The van der Waals surface area contributed by atoms with Crippen LogP contribution in [0, 0.1) is 5.92 Å². The molecule has 19 heavy (non-hydrogen) atoms. The average molecular weight is 273 g/mol. The number of carbonyl (C=O) groups excluding carboxylic acids is 1. The molecule has 1 amide bonds. The Bertz CT molecular complexity index is 589. The van der Waals surface area contributed by atoms with Crippen LogP contribution in [0.2, 0.25) is 0 Å². The molecule has 1 aromatic carbocycles. The normalized spacial score (nSPS) is 23.4. The van der Waals surface area contributed by atoms with Crippen molar-refractivity contribution in [1.82, 2.24) is 5.32 Å². The van der Waals surface area contributed by atoms with Gasteiger partial charge in [-0.1, -0.05) is 38.0 Å². The molecule has 0 spiro atoms. The predicted octanol–water partition coefficient (Wildman–Crippen LogP) is 4.21. The largest absolute Gasteiger partial charge is 0.349 e. The summed E-state index contributed by atoms with van der Waals surface area (Å²) in [5.41, 5.74) is 0.832. The molecule has 0 saturated heterocycles. The third-order valence-corrected chi connectivity index (χ3v) is 5.12. The van der Waals surface area contributed by atoms with Crippen molar-refractivity contribution in [3.8, 4) is 0 Å². The Morgan fingerprint density at radius 1 is 1.26 bits per heavy atom. The van der Waals surface area contributed by atoms with Gasteiger partial charge in [-0.15, -0.1) is 11.3 Å².